The Bertz CT molecular complexity index is 2130. The van der Waals surface area contributed by atoms with Crippen molar-refractivity contribution in [1.82, 2.24) is 20.9 Å². The zero-order valence-electron chi connectivity index (χ0n) is 35.9. The first kappa shape index (κ1) is 42.5. The molecule has 4 fully saturated rings. The lowest BCUT2D eigenvalue weighted by Crippen LogP contribution is -2.74. The number of hydrogen-bond donors (Lipinski definition) is 3. The van der Waals surface area contributed by atoms with E-state index < -0.39 is 17.9 Å². The lowest BCUT2D eigenvalue weighted by molar-refractivity contribution is -0.164. The number of benzene rings is 3. The number of carbonyl (C=O) groups excluding carboxylic acids is 4. The zero-order chi connectivity index (χ0) is 42.9. The number of aryl methyl sites for hydroxylation is 2. The fourth-order valence-electron chi connectivity index (χ4n) is 9.87. The van der Waals surface area contributed by atoms with E-state index in [2.05, 4.69) is 64.3 Å². The molecule has 318 valence electrons. The average molecular weight is 819 g/mol. The van der Waals surface area contributed by atoms with Gasteiger partial charge in [-0.05, 0) is 79.9 Å². The molecule has 3 aliphatic heterocycles. The van der Waals surface area contributed by atoms with E-state index in [9.17, 15) is 19.2 Å². The summed E-state index contributed by atoms with van der Waals surface area (Å²) >= 11 is 0. The first-order chi connectivity index (χ1) is 28.6. The number of carbonyl (C=O) groups is 4. The highest BCUT2D eigenvalue weighted by atomic mass is 16.5. The van der Waals surface area contributed by atoms with E-state index in [1.807, 2.05) is 62.4 Å². The van der Waals surface area contributed by atoms with Crippen molar-refractivity contribution < 1.29 is 33.4 Å². The van der Waals surface area contributed by atoms with Crippen LogP contribution in [-0.4, -0.2) is 112 Å². The summed E-state index contributed by atoms with van der Waals surface area (Å²) in [4.78, 5) is 57.4. The van der Waals surface area contributed by atoms with Crippen molar-refractivity contribution in [3.8, 4) is 23.8 Å². The van der Waals surface area contributed by atoms with Gasteiger partial charge in [0.2, 0.25) is 11.8 Å². The largest absolute Gasteiger partial charge is 0.496 e. The molecule has 0 bridgehead atoms. The van der Waals surface area contributed by atoms with Gasteiger partial charge < -0.3 is 34.6 Å². The van der Waals surface area contributed by atoms with Crippen molar-refractivity contribution in [1.29, 1.82) is 0 Å². The smallest absolute Gasteiger partial charge is 0.255 e. The predicted molar refractivity (Wildman–Crippen MR) is 231 cm³/mol. The van der Waals surface area contributed by atoms with E-state index >= 15 is 0 Å². The SMILES string of the molecule is C#Cc1c(C)cc(OC2C(C)(C)C(NC(=O)c3ccc(N4CCO[C@@H](CN5CCN(c6ccc(C(=O)NC7CCC(=O)NC7=O)c(OC)c6)CC5)C4)cc3)C2(C)C)cc1C. The molecule has 1 unspecified atom stereocenters. The molecule has 1 aliphatic carbocycles. The number of methoxy groups -OCH3 is 1. The minimum atomic E-state index is -0.763. The van der Waals surface area contributed by atoms with Gasteiger partial charge in [-0.15, -0.1) is 6.42 Å². The molecular weight excluding hydrogens is 761 g/mol. The Morgan fingerprint density at radius 2 is 1.55 bits per heavy atom. The first-order valence-electron chi connectivity index (χ1n) is 20.9. The minimum Gasteiger partial charge on any atom is -0.496 e. The van der Waals surface area contributed by atoms with E-state index in [1.54, 1.807) is 6.07 Å². The van der Waals surface area contributed by atoms with Gasteiger partial charge in [0.1, 0.15) is 23.6 Å². The molecule has 4 amide bonds. The van der Waals surface area contributed by atoms with Crippen molar-refractivity contribution >= 4 is 35.0 Å². The topological polar surface area (TPSA) is 142 Å². The third kappa shape index (κ3) is 8.67. The fraction of sp³-hybridized carbons (Fsp3) is 0.489. The predicted octanol–water partition coefficient (Wildman–Crippen LogP) is 4.47. The van der Waals surface area contributed by atoms with Gasteiger partial charge in [-0.3, -0.25) is 29.4 Å². The number of morpholine rings is 1. The van der Waals surface area contributed by atoms with Crippen LogP contribution in [0.15, 0.2) is 54.6 Å². The number of anilines is 2. The molecule has 3 N–H and O–H groups in total. The number of imide groups is 1. The number of amides is 4. The molecule has 60 heavy (non-hydrogen) atoms. The van der Waals surface area contributed by atoms with Crippen LogP contribution >= 0.6 is 0 Å². The normalized spacial score (nSPS) is 23.8. The molecule has 0 spiro atoms. The monoisotopic (exact) mass is 818 g/mol. The Morgan fingerprint density at radius 1 is 0.883 bits per heavy atom. The molecule has 13 nitrogen and oxygen atoms in total. The Kier molecular flexibility index (Phi) is 12.2. The number of piperidine rings is 1. The lowest BCUT2D eigenvalue weighted by Gasteiger charge is -2.63. The van der Waals surface area contributed by atoms with Crippen LogP contribution in [0, 0.1) is 37.0 Å². The summed E-state index contributed by atoms with van der Waals surface area (Å²) in [7, 11) is 1.52. The van der Waals surface area contributed by atoms with Crippen LogP contribution < -0.4 is 35.2 Å². The average Bonchev–Trinajstić information content (AvgIpc) is 3.22. The van der Waals surface area contributed by atoms with E-state index in [0.717, 1.165) is 79.6 Å². The van der Waals surface area contributed by atoms with Crippen LogP contribution in [-0.2, 0) is 14.3 Å². The molecular formula is C47H58N6O7. The van der Waals surface area contributed by atoms with Crippen molar-refractivity contribution in [3.05, 3.63) is 82.4 Å². The maximum absolute atomic E-state index is 13.6. The van der Waals surface area contributed by atoms with Crippen molar-refractivity contribution in [2.24, 2.45) is 10.8 Å². The van der Waals surface area contributed by atoms with Gasteiger partial charge in [-0.2, -0.15) is 0 Å². The van der Waals surface area contributed by atoms with Crippen molar-refractivity contribution in [2.75, 3.05) is 69.3 Å². The standard InChI is InChI=1S/C47H58N6O7/c1-9-36-29(2)24-34(25-30(36)3)60-45-46(4,5)44(47(45,6)7)50-41(55)31-10-12-32(13-11-31)53-22-23-59-35(28-53)27-51-18-20-52(21-19-51)33-14-15-37(39(26-33)58-8)42(56)48-38-16-17-40(54)49-43(38)57/h1,10-15,24-26,35,38,44-45H,16-23,27-28H2,2-8H3,(H,48,56)(H,50,55)(H,49,54,57)/t35-,38?,44?,45?/m0/s1. The van der Waals surface area contributed by atoms with Crippen molar-refractivity contribution in [2.45, 2.75) is 78.7 Å². The summed E-state index contributed by atoms with van der Waals surface area (Å²) in [5.41, 5.74) is 5.29. The van der Waals surface area contributed by atoms with Crippen LogP contribution in [0.3, 0.4) is 0 Å². The summed E-state index contributed by atoms with van der Waals surface area (Å²) < 4.78 is 18.4. The van der Waals surface area contributed by atoms with Gasteiger partial charge in [-0.25, -0.2) is 0 Å². The highest BCUT2D eigenvalue weighted by Gasteiger charge is 2.64. The third-order valence-electron chi connectivity index (χ3n) is 12.8. The zero-order valence-corrected chi connectivity index (χ0v) is 35.9. The first-order valence-corrected chi connectivity index (χ1v) is 20.9. The fourth-order valence-corrected chi connectivity index (χ4v) is 9.87. The summed E-state index contributed by atoms with van der Waals surface area (Å²) in [6.45, 7) is 18.9. The highest BCUT2D eigenvalue weighted by Crippen LogP contribution is 2.55. The van der Waals surface area contributed by atoms with E-state index in [1.165, 1.54) is 7.11 Å². The Morgan fingerprint density at radius 3 is 2.18 bits per heavy atom. The number of piperazine rings is 1. The molecule has 3 heterocycles. The van der Waals surface area contributed by atoms with Gasteiger partial charge in [0.25, 0.3) is 11.8 Å². The second-order valence-electron chi connectivity index (χ2n) is 17.8. The van der Waals surface area contributed by atoms with E-state index in [4.69, 9.17) is 20.6 Å². The van der Waals surface area contributed by atoms with E-state index in [-0.39, 0.29) is 53.7 Å². The number of ether oxygens (including phenoxy) is 3. The van der Waals surface area contributed by atoms with Crippen LogP contribution in [0.2, 0.25) is 0 Å². The maximum atomic E-state index is 13.6. The molecule has 7 rings (SSSR count). The quantitative estimate of drug-likeness (QED) is 0.188. The van der Waals surface area contributed by atoms with Crippen molar-refractivity contribution in [3.63, 3.8) is 0 Å². The van der Waals surface area contributed by atoms with E-state index in [0.29, 0.717) is 23.5 Å². The number of nitrogens with zero attached hydrogens (tertiary/aromatic N) is 3. The van der Waals surface area contributed by atoms with Crippen LogP contribution in [0.25, 0.3) is 0 Å². The summed E-state index contributed by atoms with van der Waals surface area (Å²) in [5.74, 6) is 2.64. The Hall–Kier alpha value is -5.58. The number of nitrogens with one attached hydrogen (secondary N) is 3. The lowest BCUT2D eigenvalue weighted by atomic mass is 9.49. The second-order valence-corrected chi connectivity index (χ2v) is 17.8. The Labute approximate surface area is 353 Å². The Balaban J connectivity index is 0.887. The van der Waals surface area contributed by atoms with Crippen LogP contribution in [0.4, 0.5) is 11.4 Å². The summed E-state index contributed by atoms with van der Waals surface area (Å²) in [6.07, 6.45) is 6.09. The molecule has 13 heteroatoms. The molecule has 4 aliphatic rings. The number of rotatable bonds is 11. The third-order valence-corrected chi connectivity index (χ3v) is 12.8. The molecule has 3 aromatic carbocycles. The number of hydrogen-bond acceptors (Lipinski definition) is 10. The minimum absolute atomic E-state index is 0.0388. The molecule has 0 radical (unpaired) electrons. The molecule has 1 saturated carbocycles. The highest BCUT2D eigenvalue weighted by molar-refractivity contribution is 6.04. The molecule has 3 aromatic rings. The van der Waals surface area contributed by atoms with Gasteiger partial charge >= 0.3 is 0 Å². The number of terminal acetylenes is 1. The molecule has 0 aromatic heterocycles. The van der Waals surface area contributed by atoms with Gasteiger partial charge in [0.15, 0.2) is 0 Å². The van der Waals surface area contributed by atoms with Crippen LogP contribution in [0.5, 0.6) is 11.5 Å². The maximum Gasteiger partial charge on any atom is 0.255 e. The summed E-state index contributed by atoms with van der Waals surface area (Å²) in [5, 5.41) is 8.33. The summed E-state index contributed by atoms with van der Waals surface area (Å²) in [6, 6.07) is 16.5. The second kappa shape index (κ2) is 17.2. The van der Waals surface area contributed by atoms with Gasteiger partial charge in [0, 0.05) is 97.7 Å². The molecule has 2 atom stereocenters. The van der Waals surface area contributed by atoms with Crippen LogP contribution in [0.1, 0.15) is 77.9 Å². The van der Waals surface area contributed by atoms with Gasteiger partial charge in [-0.1, -0.05) is 33.6 Å². The van der Waals surface area contributed by atoms with Gasteiger partial charge in [0.05, 0.1) is 25.4 Å². The molecule has 3 saturated heterocycles.